The summed E-state index contributed by atoms with van der Waals surface area (Å²) in [5, 5.41) is 23.8. The van der Waals surface area contributed by atoms with E-state index in [1.165, 1.54) is 12.1 Å². The molecule has 0 atom stereocenters. The molecule has 120 valence electrons. The van der Waals surface area contributed by atoms with Crippen LogP contribution in [0.2, 0.25) is 0 Å². The predicted octanol–water partition coefficient (Wildman–Crippen LogP) is 4.02. The van der Waals surface area contributed by atoms with Crippen molar-refractivity contribution in [2.45, 2.75) is 6.42 Å². The number of rotatable bonds is 5. The first-order valence-corrected chi connectivity index (χ1v) is 7.83. The number of pyridine rings is 1. The summed E-state index contributed by atoms with van der Waals surface area (Å²) in [7, 11) is 0. The molecule has 0 aliphatic heterocycles. The first-order chi connectivity index (χ1) is 11.6. The van der Waals surface area contributed by atoms with E-state index in [4.69, 9.17) is 4.42 Å². The Morgan fingerprint density at radius 3 is 2.83 bits per heavy atom. The average molecular weight is 387 g/mol. The molecule has 0 fully saturated rings. The smallest absolute Gasteiger partial charge is 0.270 e. The molecule has 0 aliphatic rings. The molecular weight excluding hydrogens is 376 g/mol. The van der Waals surface area contributed by atoms with Gasteiger partial charge in [0.05, 0.1) is 22.1 Å². The summed E-state index contributed by atoms with van der Waals surface area (Å²) >= 11 is 3.25. The van der Waals surface area contributed by atoms with Crippen LogP contribution in [0.3, 0.4) is 0 Å². The molecule has 2 aromatic heterocycles. The molecule has 0 saturated heterocycles. The molecule has 3 rings (SSSR count). The summed E-state index contributed by atoms with van der Waals surface area (Å²) in [5.41, 5.74) is 0.805. The van der Waals surface area contributed by atoms with Crippen LogP contribution in [-0.4, -0.2) is 16.5 Å². The lowest BCUT2D eigenvalue weighted by Crippen LogP contribution is -2.06. The SMILES string of the molecule is N#Cc1cc(NCCc2ccc(Br)o2)nc2ccc([N+](=O)[O-])cc12. The van der Waals surface area contributed by atoms with E-state index in [0.717, 1.165) is 5.76 Å². The summed E-state index contributed by atoms with van der Waals surface area (Å²) in [6, 6.07) is 11.6. The van der Waals surface area contributed by atoms with E-state index in [2.05, 4.69) is 32.3 Å². The molecule has 0 bridgehead atoms. The van der Waals surface area contributed by atoms with Gasteiger partial charge in [-0.05, 0) is 40.2 Å². The summed E-state index contributed by atoms with van der Waals surface area (Å²) in [6.45, 7) is 0.580. The number of furan rings is 1. The van der Waals surface area contributed by atoms with Gasteiger partial charge in [0, 0.05) is 30.5 Å². The molecule has 0 amide bonds. The molecule has 0 aliphatic carbocycles. The Morgan fingerprint density at radius 2 is 2.17 bits per heavy atom. The minimum atomic E-state index is -0.492. The van der Waals surface area contributed by atoms with Gasteiger partial charge < -0.3 is 9.73 Å². The zero-order chi connectivity index (χ0) is 17.1. The first kappa shape index (κ1) is 16.0. The molecule has 0 spiro atoms. The van der Waals surface area contributed by atoms with E-state index < -0.39 is 4.92 Å². The largest absolute Gasteiger partial charge is 0.454 e. The van der Waals surface area contributed by atoms with E-state index >= 15 is 0 Å². The Balaban J connectivity index is 1.83. The monoisotopic (exact) mass is 386 g/mol. The normalized spacial score (nSPS) is 10.5. The fourth-order valence-corrected chi connectivity index (χ4v) is 2.65. The number of aromatic nitrogens is 1. The highest BCUT2D eigenvalue weighted by Crippen LogP contribution is 2.25. The van der Waals surface area contributed by atoms with Crippen LogP contribution in [0.4, 0.5) is 11.5 Å². The minimum Gasteiger partial charge on any atom is -0.454 e. The molecule has 1 aromatic carbocycles. The van der Waals surface area contributed by atoms with Gasteiger partial charge in [0.25, 0.3) is 5.69 Å². The van der Waals surface area contributed by atoms with E-state index in [1.54, 1.807) is 12.1 Å². The van der Waals surface area contributed by atoms with Crippen molar-refractivity contribution in [3.63, 3.8) is 0 Å². The Kier molecular flexibility index (Phi) is 4.44. The van der Waals surface area contributed by atoms with Crippen LogP contribution in [0.5, 0.6) is 0 Å². The Labute approximate surface area is 145 Å². The molecule has 24 heavy (non-hydrogen) atoms. The molecule has 2 heterocycles. The van der Waals surface area contributed by atoms with E-state index in [0.29, 0.717) is 39.9 Å². The molecule has 3 aromatic rings. The van der Waals surface area contributed by atoms with Crippen LogP contribution < -0.4 is 5.32 Å². The predicted molar refractivity (Wildman–Crippen MR) is 91.7 cm³/mol. The number of nitriles is 1. The Morgan fingerprint density at radius 1 is 1.33 bits per heavy atom. The zero-order valence-electron chi connectivity index (χ0n) is 12.3. The van der Waals surface area contributed by atoms with Crippen molar-refractivity contribution >= 4 is 38.3 Å². The molecule has 0 saturated carbocycles. The van der Waals surface area contributed by atoms with Gasteiger partial charge in [-0.1, -0.05) is 0 Å². The lowest BCUT2D eigenvalue weighted by molar-refractivity contribution is -0.384. The minimum absolute atomic E-state index is 0.0649. The van der Waals surface area contributed by atoms with Crippen molar-refractivity contribution in [1.82, 2.24) is 4.98 Å². The second kappa shape index (κ2) is 6.68. The van der Waals surface area contributed by atoms with E-state index in [9.17, 15) is 15.4 Å². The number of non-ortho nitro benzene ring substituents is 1. The molecule has 0 radical (unpaired) electrons. The second-order valence-electron chi connectivity index (χ2n) is 5.01. The average Bonchev–Trinajstić information content (AvgIpc) is 2.98. The highest BCUT2D eigenvalue weighted by Gasteiger charge is 2.11. The lowest BCUT2D eigenvalue weighted by Gasteiger charge is -2.07. The third-order valence-electron chi connectivity index (χ3n) is 3.43. The van der Waals surface area contributed by atoms with Gasteiger partial charge in [-0.15, -0.1) is 0 Å². The number of nitro groups is 1. The number of benzene rings is 1. The number of nitrogens with zero attached hydrogens (tertiary/aromatic N) is 3. The van der Waals surface area contributed by atoms with Crippen molar-refractivity contribution in [1.29, 1.82) is 5.26 Å². The van der Waals surface area contributed by atoms with Crippen molar-refractivity contribution in [2.75, 3.05) is 11.9 Å². The number of hydrogen-bond acceptors (Lipinski definition) is 6. The van der Waals surface area contributed by atoms with E-state index in [1.807, 2.05) is 12.1 Å². The molecule has 1 N–H and O–H groups in total. The molecule has 8 heteroatoms. The summed E-state index contributed by atoms with van der Waals surface area (Å²) in [5.74, 6) is 1.37. The van der Waals surface area contributed by atoms with Gasteiger partial charge in [-0.3, -0.25) is 10.1 Å². The maximum absolute atomic E-state index is 10.9. The fourth-order valence-electron chi connectivity index (χ4n) is 2.31. The topological polar surface area (TPSA) is 105 Å². The third kappa shape index (κ3) is 3.36. The van der Waals surface area contributed by atoms with Crippen LogP contribution in [-0.2, 0) is 6.42 Å². The number of fused-ring (bicyclic) bond motifs is 1. The second-order valence-corrected chi connectivity index (χ2v) is 5.79. The third-order valence-corrected chi connectivity index (χ3v) is 3.86. The van der Waals surface area contributed by atoms with Crippen LogP contribution in [0.25, 0.3) is 10.9 Å². The van der Waals surface area contributed by atoms with Crippen molar-refractivity contribution in [3.8, 4) is 6.07 Å². The quantitative estimate of drug-likeness (QED) is 0.524. The number of nitro benzene ring substituents is 1. The van der Waals surface area contributed by atoms with Gasteiger partial charge in [-0.25, -0.2) is 4.98 Å². The highest BCUT2D eigenvalue weighted by molar-refractivity contribution is 9.10. The number of halogens is 1. The standard InChI is InChI=1S/C16H11BrN4O3/c17-15-4-2-12(24-15)5-6-19-16-7-10(9-18)13-8-11(21(22)23)1-3-14(13)20-16/h1-4,7-8H,5-6H2,(H,19,20). The van der Waals surface area contributed by atoms with Crippen molar-refractivity contribution in [2.24, 2.45) is 0 Å². The summed E-state index contributed by atoms with van der Waals surface area (Å²) in [6.07, 6.45) is 0.660. The van der Waals surface area contributed by atoms with Crippen LogP contribution in [0.15, 0.2) is 45.5 Å². The zero-order valence-corrected chi connectivity index (χ0v) is 13.9. The maximum atomic E-state index is 10.9. The number of anilines is 1. The summed E-state index contributed by atoms with van der Waals surface area (Å²) < 4.78 is 6.09. The lowest BCUT2D eigenvalue weighted by atomic mass is 10.1. The van der Waals surface area contributed by atoms with E-state index in [-0.39, 0.29) is 5.69 Å². The van der Waals surface area contributed by atoms with Crippen molar-refractivity contribution < 1.29 is 9.34 Å². The van der Waals surface area contributed by atoms with Crippen LogP contribution >= 0.6 is 15.9 Å². The van der Waals surface area contributed by atoms with Crippen LogP contribution in [0.1, 0.15) is 11.3 Å². The number of nitrogens with one attached hydrogen (secondary N) is 1. The molecule has 7 nitrogen and oxygen atoms in total. The van der Waals surface area contributed by atoms with Gasteiger partial charge in [0.2, 0.25) is 0 Å². The van der Waals surface area contributed by atoms with Gasteiger partial charge in [0.1, 0.15) is 11.6 Å². The maximum Gasteiger partial charge on any atom is 0.270 e. The van der Waals surface area contributed by atoms with Crippen molar-refractivity contribution in [3.05, 3.63) is 62.5 Å². The Bertz CT molecular complexity index is 962. The first-order valence-electron chi connectivity index (χ1n) is 7.04. The van der Waals surface area contributed by atoms with Gasteiger partial charge in [0.15, 0.2) is 4.67 Å². The fraction of sp³-hybridized carbons (Fsp3) is 0.125. The van der Waals surface area contributed by atoms with Crippen LogP contribution in [0, 0.1) is 21.4 Å². The summed E-state index contributed by atoms with van der Waals surface area (Å²) in [4.78, 5) is 14.8. The van der Waals surface area contributed by atoms with Gasteiger partial charge in [-0.2, -0.15) is 5.26 Å². The molecular formula is C16H11BrN4O3. The number of hydrogen-bond donors (Lipinski definition) is 1. The highest BCUT2D eigenvalue weighted by atomic mass is 79.9. The molecule has 0 unspecified atom stereocenters. The Hall–Kier alpha value is -2.92. The van der Waals surface area contributed by atoms with Gasteiger partial charge >= 0.3 is 0 Å².